The second-order valence-electron chi connectivity index (χ2n) is 4.57. The first-order valence-corrected chi connectivity index (χ1v) is 6.74. The molecule has 0 bridgehead atoms. The van der Waals surface area contributed by atoms with E-state index in [9.17, 15) is 9.59 Å². The molecular formula is C15H24O6. The van der Waals surface area contributed by atoms with Gasteiger partial charge in [0.1, 0.15) is 12.7 Å². The van der Waals surface area contributed by atoms with Gasteiger partial charge in [-0.2, -0.15) is 0 Å². The second kappa shape index (κ2) is 11.0. The minimum Gasteiger partial charge on any atom is -0.460 e. The van der Waals surface area contributed by atoms with Gasteiger partial charge in [-0.15, -0.1) is 0 Å². The molecule has 0 saturated carbocycles. The number of carbonyl (C=O) groups is 2. The monoisotopic (exact) mass is 300 g/mol. The van der Waals surface area contributed by atoms with Gasteiger partial charge in [0, 0.05) is 12.2 Å². The highest BCUT2D eigenvalue weighted by Crippen LogP contribution is 2.01. The van der Waals surface area contributed by atoms with Crippen LogP contribution in [0.3, 0.4) is 0 Å². The van der Waals surface area contributed by atoms with E-state index in [0.29, 0.717) is 6.61 Å². The molecule has 0 unspecified atom stereocenters. The molecule has 0 aromatic heterocycles. The van der Waals surface area contributed by atoms with Crippen LogP contribution in [0.25, 0.3) is 0 Å². The molecule has 0 aromatic rings. The van der Waals surface area contributed by atoms with Crippen molar-refractivity contribution >= 4 is 11.9 Å². The van der Waals surface area contributed by atoms with E-state index in [4.69, 9.17) is 18.9 Å². The largest absolute Gasteiger partial charge is 0.460 e. The Bertz CT molecular complexity index is 352. The Hall–Kier alpha value is -1.66. The lowest BCUT2D eigenvalue weighted by Gasteiger charge is -2.19. The maximum absolute atomic E-state index is 11.0. The van der Waals surface area contributed by atoms with E-state index in [-0.39, 0.29) is 31.5 Å². The van der Waals surface area contributed by atoms with Crippen molar-refractivity contribution in [3.63, 3.8) is 0 Å². The molecule has 0 aliphatic carbocycles. The van der Waals surface area contributed by atoms with Crippen LogP contribution in [0.15, 0.2) is 25.3 Å². The summed E-state index contributed by atoms with van der Waals surface area (Å²) in [6.45, 7) is 12.7. The molecule has 21 heavy (non-hydrogen) atoms. The van der Waals surface area contributed by atoms with Gasteiger partial charge in [0.25, 0.3) is 0 Å². The second-order valence-corrected chi connectivity index (χ2v) is 4.57. The fourth-order valence-electron chi connectivity index (χ4n) is 1.23. The van der Waals surface area contributed by atoms with Gasteiger partial charge in [0.05, 0.1) is 25.4 Å². The number of esters is 2. The van der Waals surface area contributed by atoms with Crippen molar-refractivity contribution < 1.29 is 28.5 Å². The molecule has 0 amide bonds. The van der Waals surface area contributed by atoms with Gasteiger partial charge in [-0.05, 0) is 20.8 Å². The van der Waals surface area contributed by atoms with Gasteiger partial charge >= 0.3 is 11.9 Å². The highest BCUT2D eigenvalue weighted by Gasteiger charge is 2.12. The maximum atomic E-state index is 11.0. The standard InChI is InChI=1S/C15H24O6/c1-6-14(16)20-9-12(4)18-8-11(3)19-10-13(5)21-15(17)7-2/h6-7,11-13H,1-2,8-10H2,3-5H3/t11-,12+,13-/m0/s1. The summed E-state index contributed by atoms with van der Waals surface area (Å²) in [6.07, 6.45) is 1.44. The van der Waals surface area contributed by atoms with Crippen LogP contribution in [-0.4, -0.2) is 50.1 Å². The van der Waals surface area contributed by atoms with Crippen LogP contribution in [-0.2, 0) is 28.5 Å². The summed E-state index contributed by atoms with van der Waals surface area (Å²) in [5, 5.41) is 0. The smallest absolute Gasteiger partial charge is 0.330 e. The Morgan fingerprint density at radius 3 is 1.86 bits per heavy atom. The van der Waals surface area contributed by atoms with Crippen LogP contribution >= 0.6 is 0 Å². The number of carbonyl (C=O) groups excluding carboxylic acids is 2. The Labute approximate surface area is 125 Å². The Kier molecular flexibility index (Phi) is 10.2. The number of hydrogen-bond acceptors (Lipinski definition) is 6. The summed E-state index contributed by atoms with van der Waals surface area (Å²) in [5.41, 5.74) is 0. The third kappa shape index (κ3) is 10.8. The van der Waals surface area contributed by atoms with E-state index in [1.165, 1.54) is 0 Å². The molecule has 0 fully saturated rings. The molecule has 120 valence electrons. The summed E-state index contributed by atoms with van der Waals surface area (Å²) < 4.78 is 20.8. The normalized spacial score (nSPS) is 14.6. The third-order valence-corrected chi connectivity index (χ3v) is 2.34. The SMILES string of the molecule is C=CC(=O)OC[C@@H](C)OC[C@H](C)OC[C@H](C)OC(=O)C=C. The van der Waals surface area contributed by atoms with Gasteiger partial charge in [-0.3, -0.25) is 0 Å². The molecule has 0 aliphatic heterocycles. The first-order valence-electron chi connectivity index (χ1n) is 6.74. The van der Waals surface area contributed by atoms with E-state index >= 15 is 0 Å². The van der Waals surface area contributed by atoms with Gasteiger partial charge in [0.15, 0.2) is 0 Å². The Morgan fingerprint density at radius 2 is 1.33 bits per heavy atom. The molecule has 3 atom stereocenters. The molecule has 0 aromatic carbocycles. The molecular weight excluding hydrogens is 276 g/mol. The van der Waals surface area contributed by atoms with Crippen molar-refractivity contribution in [1.29, 1.82) is 0 Å². The summed E-state index contributed by atoms with van der Waals surface area (Å²) in [5.74, 6) is -0.958. The highest BCUT2D eigenvalue weighted by atomic mass is 16.6. The van der Waals surface area contributed by atoms with Crippen molar-refractivity contribution in [2.24, 2.45) is 0 Å². The van der Waals surface area contributed by atoms with Crippen LogP contribution in [0.5, 0.6) is 0 Å². The lowest BCUT2D eigenvalue weighted by Crippen LogP contribution is -2.27. The molecule has 6 heteroatoms. The molecule has 0 radical (unpaired) electrons. The topological polar surface area (TPSA) is 71.1 Å². The molecule has 0 saturated heterocycles. The summed E-state index contributed by atoms with van der Waals surface area (Å²) in [6, 6.07) is 0. The van der Waals surface area contributed by atoms with Crippen LogP contribution in [0.2, 0.25) is 0 Å². The minimum absolute atomic E-state index is 0.158. The van der Waals surface area contributed by atoms with Crippen molar-refractivity contribution in [3.05, 3.63) is 25.3 Å². The van der Waals surface area contributed by atoms with E-state index in [0.717, 1.165) is 12.2 Å². The van der Waals surface area contributed by atoms with Crippen molar-refractivity contribution in [2.45, 2.75) is 39.1 Å². The Morgan fingerprint density at radius 1 is 0.857 bits per heavy atom. The maximum Gasteiger partial charge on any atom is 0.330 e. The lowest BCUT2D eigenvalue weighted by molar-refractivity contribution is -0.148. The van der Waals surface area contributed by atoms with Gasteiger partial charge in [-0.1, -0.05) is 13.2 Å². The van der Waals surface area contributed by atoms with Crippen LogP contribution in [0.1, 0.15) is 20.8 Å². The molecule has 0 spiro atoms. The van der Waals surface area contributed by atoms with Crippen LogP contribution in [0, 0.1) is 0 Å². The Balaban J connectivity index is 3.76. The fraction of sp³-hybridized carbons (Fsp3) is 0.600. The van der Waals surface area contributed by atoms with Gasteiger partial charge < -0.3 is 18.9 Å². The number of ether oxygens (including phenoxy) is 4. The molecule has 0 rings (SSSR count). The first-order chi connectivity index (χ1) is 9.88. The zero-order valence-electron chi connectivity index (χ0n) is 12.9. The summed E-state index contributed by atoms with van der Waals surface area (Å²) in [4.78, 5) is 21.8. The van der Waals surface area contributed by atoms with Gasteiger partial charge in [0.2, 0.25) is 0 Å². The summed E-state index contributed by atoms with van der Waals surface area (Å²) in [7, 11) is 0. The molecule has 0 aliphatic rings. The quantitative estimate of drug-likeness (QED) is 0.427. The zero-order chi connectivity index (χ0) is 16.3. The van der Waals surface area contributed by atoms with E-state index in [2.05, 4.69) is 13.2 Å². The number of rotatable bonds is 11. The zero-order valence-corrected chi connectivity index (χ0v) is 12.9. The fourth-order valence-corrected chi connectivity index (χ4v) is 1.23. The van der Waals surface area contributed by atoms with E-state index < -0.39 is 11.9 Å². The predicted octanol–water partition coefficient (Wildman–Crippen LogP) is 1.64. The summed E-state index contributed by atoms with van der Waals surface area (Å²) >= 11 is 0. The van der Waals surface area contributed by atoms with E-state index in [1.54, 1.807) is 13.8 Å². The lowest BCUT2D eigenvalue weighted by atomic mass is 10.4. The highest BCUT2D eigenvalue weighted by molar-refractivity contribution is 5.81. The molecule has 0 heterocycles. The predicted molar refractivity (Wildman–Crippen MR) is 77.7 cm³/mol. The average molecular weight is 300 g/mol. The van der Waals surface area contributed by atoms with Gasteiger partial charge in [-0.25, -0.2) is 9.59 Å². The van der Waals surface area contributed by atoms with Crippen molar-refractivity contribution in [1.82, 2.24) is 0 Å². The minimum atomic E-state index is -0.479. The van der Waals surface area contributed by atoms with Crippen molar-refractivity contribution in [3.8, 4) is 0 Å². The van der Waals surface area contributed by atoms with Crippen LogP contribution in [0.4, 0.5) is 0 Å². The number of hydrogen-bond donors (Lipinski definition) is 0. The first kappa shape index (κ1) is 19.3. The third-order valence-electron chi connectivity index (χ3n) is 2.34. The van der Waals surface area contributed by atoms with E-state index in [1.807, 2.05) is 6.92 Å². The van der Waals surface area contributed by atoms with Crippen molar-refractivity contribution in [2.75, 3.05) is 19.8 Å². The molecule has 0 N–H and O–H groups in total. The molecule has 6 nitrogen and oxygen atoms in total. The average Bonchev–Trinajstić information content (AvgIpc) is 2.47. The van der Waals surface area contributed by atoms with Crippen LogP contribution < -0.4 is 0 Å².